The minimum atomic E-state index is -0.974. The first-order chi connectivity index (χ1) is 8.41. The van der Waals surface area contributed by atoms with Crippen LogP contribution in [0.15, 0.2) is 12.4 Å². The maximum Gasteiger partial charge on any atom is 0.373 e. The second-order valence-corrected chi connectivity index (χ2v) is 3.01. The van der Waals surface area contributed by atoms with E-state index in [0.29, 0.717) is 12.4 Å². The number of aromatic nitrogens is 3. The van der Waals surface area contributed by atoms with Gasteiger partial charge in [-0.2, -0.15) is 4.98 Å². The molecule has 2 rings (SSSR count). The summed E-state index contributed by atoms with van der Waals surface area (Å²) in [5, 5.41) is 30.9. The molecule has 0 aliphatic heterocycles. The monoisotopic (exact) mass is 254 g/mol. The largest absolute Gasteiger partial charge is 0.373 e. The lowest BCUT2D eigenvalue weighted by Gasteiger charge is -1.94. The number of nitro groups is 3. The topological polar surface area (TPSA) is 160 Å². The standard InChI is InChI=1S/C6H2N6O6/c13-10(14)3-1-4(11(15)16)8-6-5(3)9(2-7-6)12(17)18/h1-2H. The highest BCUT2D eigenvalue weighted by atomic mass is 16.7. The van der Waals surface area contributed by atoms with Gasteiger partial charge in [0.05, 0.1) is 4.92 Å². The zero-order chi connectivity index (χ0) is 13.4. The summed E-state index contributed by atoms with van der Waals surface area (Å²) in [4.78, 5) is 36.8. The maximum absolute atomic E-state index is 10.8. The molecule has 2 heterocycles. The van der Waals surface area contributed by atoms with Crippen molar-refractivity contribution in [1.82, 2.24) is 14.6 Å². The zero-order valence-corrected chi connectivity index (χ0v) is 8.29. The van der Waals surface area contributed by atoms with Gasteiger partial charge in [-0.3, -0.25) is 10.1 Å². The van der Waals surface area contributed by atoms with Gasteiger partial charge in [-0.15, -0.1) is 0 Å². The Morgan fingerprint density at radius 1 is 1.11 bits per heavy atom. The molecule has 92 valence electrons. The number of fused-ring (bicyclic) bond motifs is 1. The van der Waals surface area contributed by atoms with E-state index in [0.717, 1.165) is 0 Å². The molecule has 0 saturated heterocycles. The molecule has 0 saturated carbocycles. The summed E-state index contributed by atoms with van der Waals surface area (Å²) < 4.78 is 0.282. The molecule has 18 heavy (non-hydrogen) atoms. The third-order valence-corrected chi connectivity index (χ3v) is 2.02. The smallest absolute Gasteiger partial charge is 0.358 e. The molecule has 0 aromatic carbocycles. The van der Waals surface area contributed by atoms with Crippen LogP contribution in [0.2, 0.25) is 0 Å². The average Bonchev–Trinajstić information content (AvgIpc) is 2.70. The van der Waals surface area contributed by atoms with Crippen molar-refractivity contribution in [2.75, 3.05) is 0 Å². The van der Waals surface area contributed by atoms with Gasteiger partial charge in [0.1, 0.15) is 6.07 Å². The quantitative estimate of drug-likeness (QED) is 0.557. The highest BCUT2D eigenvalue weighted by Gasteiger charge is 2.30. The van der Waals surface area contributed by atoms with Crippen LogP contribution in [0.1, 0.15) is 0 Å². The molecule has 0 N–H and O–H groups in total. The fraction of sp³-hybridized carbons (Fsp3) is 0. The van der Waals surface area contributed by atoms with Crippen molar-refractivity contribution in [2.45, 2.75) is 0 Å². The summed E-state index contributed by atoms with van der Waals surface area (Å²) >= 11 is 0. The molecular weight excluding hydrogens is 252 g/mol. The van der Waals surface area contributed by atoms with E-state index < -0.39 is 37.5 Å². The Morgan fingerprint density at radius 3 is 2.28 bits per heavy atom. The van der Waals surface area contributed by atoms with E-state index in [1.54, 1.807) is 0 Å². The summed E-state index contributed by atoms with van der Waals surface area (Å²) in [7, 11) is 0. The highest BCUT2D eigenvalue weighted by Crippen LogP contribution is 2.27. The fourth-order valence-electron chi connectivity index (χ4n) is 1.33. The molecule has 0 bridgehead atoms. The minimum Gasteiger partial charge on any atom is -0.358 e. The molecule has 0 fully saturated rings. The van der Waals surface area contributed by atoms with Crippen LogP contribution in [0.5, 0.6) is 0 Å². The van der Waals surface area contributed by atoms with Crippen molar-refractivity contribution in [3.8, 4) is 0 Å². The molecule has 0 unspecified atom stereocenters. The van der Waals surface area contributed by atoms with E-state index in [-0.39, 0.29) is 4.68 Å². The van der Waals surface area contributed by atoms with Crippen LogP contribution < -0.4 is 0 Å². The van der Waals surface area contributed by atoms with Crippen molar-refractivity contribution >= 4 is 22.7 Å². The first-order valence-corrected chi connectivity index (χ1v) is 4.23. The number of hydrogen-bond donors (Lipinski definition) is 0. The van der Waals surface area contributed by atoms with E-state index in [2.05, 4.69) is 9.97 Å². The van der Waals surface area contributed by atoms with Crippen molar-refractivity contribution in [1.29, 1.82) is 0 Å². The van der Waals surface area contributed by atoms with Gasteiger partial charge in [0.2, 0.25) is 0 Å². The Bertz CT molecular complexity index is 691. The van der Waals surface area contributed by atoms with E-state index in [9.17, 15) is 30.3 Å². The van der Waals surface area contributed by atoms with Crippen LogP contribution in [0.3, 0.4) is 0 Å². The van der Waals surface area contributed by atoms with E-state index >= 15 is 0 Å². The van der Waals surface area contributed by atoms with Crippen molar-refractivity contribution in [2.24, 2.45) is 0 Å². The Morgan fingerprint density at radius 2 is 1.78 bits per heavy atom. The van der Waals surface area contributed by atoms with Crippen molar-refractivity contribution in [3.63, 3.8) is 0 Å². The van der Waals surface area contributed by atoms with E-state index in [1.807, 2.05) is 0 Å². The second kappa shape index (κ2) is 3.69. The number of rotatable bonds is 3. The molecule has 12 heteroatoms. The number of hydrogen-bond acceptors (Lipinski definition) is 8. The van der Waals surface area contributed by atoms with Crippen LogP contribution in [0.4, 0.5) is 11.5 Å². The third kappa shape index (κ3) is 1.57. The molecule has 0 atom stereocenters. The summed E-state index contributed by atoms with van der Waals surface area (Å²) in [5.74, 6) is -0.803. The maximum atomic E-state index is 10.8. The molecule has 0 amide bonds. The van der Waals surface area contributed by atoms with E-state index in [4.69, 9.17) is 0 Å². The lowest BCUT2D eigenvalue weighted by Crippen LogP contribution is -2.08. The predicted molar refractivity (Wildman–Crippen MR) is 53.2 cm³/mol. The molecule has 0 spiro atoms. The Balaban J connectivity index is 2.88. The molecule has 0 radical (unpaired) electrons. The summed E-state index contributed by atoms with van der Waals surface area (Å²) in [6, 6.07) is 0.546. The number of pyridine rings is 1. The Hall–Kier alpha value is -3.18. The van der Waals surface area contributed by atoms with Gasteiger partial charge in [-0.05, 0) is 14.6 Å². The molecule has 0 aliphatic rings. The van der Waals surface area contributed by atoms with Crippen LogP contribution in [0, 0.1) is 30.3 Å². The second-order valence-electron chi connectivity index (χ2n) is 3.01. The average molecular weight is 254 g/mol. The summed E-state index contributed by atoms with van der Waals surface area (Å²) in [6.07, 6.45) is 0.689. The van der Waals surface area contributed by atoms with Crippen molar-refractivity contribution < 1.29 is 14.9 Å². The van der Waals surface area contributed by atoms with Gasteiger partial charge < -0.3 is 10.1 Å². The molecule has 2 aromatic heterocycles. The Kier molecular flexibility index (Phi) is 2.32. The molecule has 2 aromatic rings. The SMILES string of the molecule is O=[N+]([O-])c1cc([N+](=O)[O-])c2c(ncn2[N+](=O)[O-])n1. The van der Waals surface area contributed by atoms with Gasteiger partial charge >= 0.3 is 17.2 Å². The van der Waals surface area contributed by atoms with Crippen LogP contribution >= 0.6 is 0 Å². The number of imidazole rings is 1. The molecule has 0 aliphatic carbocycles. The lowest BCUT2D eigenvalue weighted by molar-refractivity contribution is -0.538. The Labute approximate surface area is 95.9 Å². The van der Waals surface area contributed by atoms with Crippen molar-refractivity contribution in [3.05, 3.63) is 42.7 Å². The van der Waals surface area contributed by atoms with Gasteiger partial charge in [0, 0.05) is 0 Å². The van der Waals surface area contributed by atoms with E-state index in [1.165, 1.54) is 0 Å². The predicted octanol–water partition coefficient (Wildman–Crippen LogP) is 0.287. The van der Waals surface area contributed by atoms with Gasteiger partial charge in [-0.25, -0.2) is 10.1 Å². The fourth-order valence-corrected chi connectivity index (χ4v) is 1.33. The van der Waals surface area contributed by atoms with Gasteiger partial charge in [0.15, 0.2) is 11.4 Å². The lowest BCUT2D eigenvalue weighted by atomic mass is 10.3. The molecular formula is C6H2N6O6. The zero-order valence-electron chi connectivity index (χ0n) is 8.29. The van der Waals surface area contributed by atoms with Crippen LogP contribution in [-0.2, 0) is 0 Å². The van der Waals surface area contributed by atoms with Crippen LogP contribution in [0.25, 0.3) is 11.2 Å². The highest BCUT2D eigenvalue weighted by molar-refractivity contribution is 5.82. The first-order valence-electron chi connectivity index (χ1n) is 4.23. The molecule has 12 nitrogen and oxygen atoms in total. The summed E-state index contributed by atoms with van der Waals surface area (Å²) in [5.41, 5.74) is -1.75. The summed E-state index contributed by atoms with van der Waals surface area (Å²) in [6.45, 7) is 0. The van der Waals surface area contributed by atoms with Gasteiger partial charge in [0.25, 0.3) is 5.52 Å². The normalized spacial score (nSPS) is 10.4. The van der Waals surface area contributed by atoms with Crippen LogP contribution in [-0.4, -0.2) is 29.5 Å². The minimum absolute atomic E-state index is 0.282. The van der Waals surface area contributed by atoms with Gasteiger partial charge in [-0.1, -0.05) is 0 Å². The number of nitrogens with zero attached hydrogens (tertiary/aromatic N) is 6. The first kappa shape index (κ1) is 11.3. The third-order valence-electron chi connectivity index (χ3n) is 2.02.